The SMILES string of the molecule is Cc1cccc(C)c1[S+](c1c(C)cccc1C)c1c(C)cccc1C.Fc1c(F)c(F)c([B-](c2c(F)c(F)c(F)c(F)c2F)(c2c(F)c(F)c(F)c(F)c2F)c2c(F)c(F)c(F)c(F)c2F)c(F)c1F. The van der Waals surface area contributed by atoms with Gasteiger partial charge in [-0.25, -0.2) is 87.8 Å². The smallest absolute Gasteiger partial charge is 0.200 e. The van der Waals surface area contributed by atoms with Crippen molar-refractivity contribution in [3.8, 4) is 0 Å². The summed E-state index contributed by atoms with van der Waals surface area (Å²) < 4.78 is 294. The molecule has 0 aliphatic heterocycles. The molecule has 0 spiro atoms. The van der Waals surface area contributed by atoms with E-state index in [9.17, 15) is 52.7 Å². The summed E-state index contributed by atoms with van der Waals surface area (Å²) in [6.07, 6.45) is -7.22. The number of rotatable bonds is 7. The second kappa shape index (κ2) is 19.4. The van der Waals surface area contributed by atoms with Crippen LogP contribution in [0.3, 0.4) is 0 Å². The van der Waals surface area contributed by atoms with E-state index in [0.717, 1.165) is 0 Å². The van der Waals surface area contributed by atoms with Crippen LogP contribution in [0.5, 0.6) is 0 Å². The first-order chi connectivity index (χ1) is 32.6. The largest absolute Gasteiger partial charge is 0.207 e. The molecule has 0 unspecified atom stereocenters. The Morgan fingerprint density at radius 3 is 0.500 bits per heavy atom. The molecule has 0 aromatic heterocycles. The molecular weight excluding hydrogens is 999 g/mol. The summed E-state index contributed by atoms with van der Waals surface area (Å²) in [6.45, 7) is 13.5. The maximum absolute atomic E-state index is 15.4. The minimum Gasteiger partial charge on any atom is -0.207 e. The second-order valence-electron chi connectivity index (χ2n) is 15.8. The van der Waals surface area contributed by atoms with Gasteiger partial charge in [-0.2, -0.15) is 0 Å². The van der Waals surface area contributed by atoms with Crippen molar-refractivity contribution in [1.29, 1.82) is 0 Å². The molecule has 7 aromatic rings. The number of aryl methyl sites for hydroxylation is 6. The van der Waals surface area contributed by atoms with Crippen LogP contribution in [-0.4, -0.2) is 6.15 Å². The van der Waals surface area contributed by atoms with E-state index in [0.29, 0.717) is 0 Å². The van der Waals surface area contributed by atoms with Crippen molar-refractivity contribution in [3.05, 3.63) is 204 Å². The fraction of sp³-hybridized carbons (Fsp3) is 0.125. The molecule has 0 aliphatic carbocycles. The van der Waals surface area contributed by atoms with Crippen LogP contribution in [0.25, 0.3) is 0 Å². The van der Waals surface area contributed by atoms with Gasteiger partial charge in [0.05, 0.1) is 0 Å². The van der Waals surface area contributed by atoms with Crippen LogP contribution in [0.2, 0.25) is 0 Å². The lowest BCUT2D eigenvalue weighted by Gasteiger charge is -2.44. The molecule has 70 heavy (non-hydrogen) atoms. The molecular formula is C48H27BF20S. The van der Waals surface area contributed by atoms with E-state index in [2.05, 4.69) is 96.1 Å². The number of hydrogen-bond acceptors (Lipinski definition) is 0. The maximum atomic E-state index is 15.4. The van der Waals surface area contributed by atoms with Gasteiger partial charge in [-0.1, -0.05) is 54.6 Å². The first-order valence-electron chi connectivity index (χ1n) is 19.8. The summed E-state index contributed by atoms with van der Waals surface area (Å²) in [5, 5.41) is 0. The van der Waals surface area contributed by atoms with Crippen molar-refractivity contribution >= 4 is 38.9 Å². The topological polar surface area (TPSA) is 0 Å². The molecule has 0 radical (unpaired) electrons. The van der Waals surface area contributed by atoms with Crippen molar-refractivity contribution < 1.29 is 87.8 Å². The Labute approximate surface area is 386 Å². The molecule has 0 heterocycles. The minimum atomic E-state index is -7.22. The van der Waals surface area contributed by atoms with E-state index in [4.69, 9.17) is 0 Å². The summed E-state index contributed by atoms with van der Waals surface area (Å²) in [4.78, 5) is 4.45. The first kappa shape index (κ1) is 52.9. The zero-order valence-corrected chi connectivity index (χ0v) is 37.1. The standard InChI is InChI=1S/C24BF20.C24H27S/c26-5-1(6(27)14(35)21(42)13(5)34)25(2-7(28)15(36)22(43)16(37)8(2)29,3-9(30)17(38)23(44)18(39)10(3)31)4-11(32)19(40)24(45)20(41)12(4)33;1-16-10-7-11-17(2)22(16)25(23-18(3)12-8-13-19(23)4)24-20(5)14-9-15-21(24)6/h;7-15H,1-6H3/q-1;+1. The Bertz CT molecular complexity index is 2730. The summed E-state index contributed by atoms with van der Waals surface area (Å²) in [7, 11) is -0.0841. The van der Waals surface area contributed by atoms with Crippen LogP contribution < -0.4 is 21.9 Å². The van der Waals surface area contributed by atoms with Gasteiger partial charge in [0.2, 0.25) is 0 Å². The summed E-state index contributed by atoms with van der Waals surface area (Å²) in [5.41, 5.74) is -6.03. The Balaban J connectivity index is 0.000000270. The molecule has 7 rings (SSSR count). The molecule has 22 heteroatoms. The Morgan fingerprint density at radius 1 is 0.229 bits per heavy atom. The van der Waals surface area contributed by atoms with Gasteiger partial charge >= 0.3 is 0 Å². The quantitative estimate of drug-likeness (QED) is 0.0491. The molecule has 0 aliphatic rings. The van der Waals surface area contributed by atoms with Crippen molar-refractivity contribution in [2.24, 2.45) is 0 Å². The van der Waals surface area contributed by atoms with Crippen molar-refractivity contribution in [2.45, 2.75) is 56.2 Å². The van der Waals surface area contributed by atoms with E-state index in [-0.39, 0.29) is 10.9 Å². The van der Waals surface area contributed by atoms with E-state index in [1.807, 2.05) is 0 Å². The molecule has 0 saturated heterocycles. The fourth-order valence-corrected chi connectivity index (χ4v) is 11.5. The molecule has 0 N–H and O–H groups in total. The van der Waals surface area contributed by atoms with Crippen LogP contribution in [0.4, 0.5) is 87.8 Å². The molecule has 0 bridgehead atoms. The normalized spacial score (nSPS) is 11.7. The van der Waals surface area contributed by atoms with Crippen LogP contribution >= 0.6 is 0 Å². The third-order valence-corrected chi connectivity index (χ3v) is 14.7. The van der Waals surface area contributed by atoms with Crippen LogP contribution in [0.15, 0.2) is 69.3 Å². The van der Waals surface area contributed by atoms with Gasteiger partial charge in [-0.05, 0) is 41.5 Å². The van der Waals surface area contributed by atoms with Crippen molar-refractivity contribution in [2.75, 3.05) is 0 Å². The van der Waals surface area contributed by atoms with E-state index in [1.54, 1.807) is 0 Å². The lowest BCUT2D eigenvalue weighted by molar-refractivity contribution is 0.378. The average Bonchev–Trinajstić information content (AvgIpc) is 3.31. The molecule has 0 atom stereocenters. The van der Waals surface area contributed by atoms with Crippen molar-refractivity contribution in [3.63, 3.8) is 0 Å². The highest BCUT2D eigenvalue weighted by Crippen LogP contribution is 2.41. The van der Waals surface area contributed by atoms with E-state index >= 15 is 35.1 Å². The maximum Gasteiger partial charge on any atom is 0.200 e. The molecule has 0 fully saturated rings. The monoisotopic (exact) mass is 1030 g/mol. The number of hydrogen-bond donors (Lipinski definition) is 0. The van der Waals surface area contributed by atoms with Crippen LogP contribution in [-0.2, 0) is 10.9 Å². The molecule has 368 valence electrons. The average molecular weight is 1030 g/mol. The van der Waals surface area contributed by atoms with E-state index in [1.165, 1.54) is 48.1 Å². The highest BCUT2D eigenvalue weighted by molar-refractivity contribution is 7.97. The first-order valence-corrected chi connectivity index (χ1v) is 21.0. The zero-order valence-electron chi connectivity index (χ0n) is 36.2. The summed E-state index contributed by atoms with van der Waals surface area (Å²) in [6, 6.07) is 20.0. The Morgan fingerprint density at radius 2 is 0.357 bits per heavy atom. The fourth-order valence-electron chi connectivity index (χ4n) is 8.54. The molecule has 0 nitrogen and oxygen atoms in total. The van der Waals surface area contributed by atoms with Gasteiger partial charge in [0.15, 0.2) is 84.5 Å². The Hall–Kier alpha value is -6.45. The predicted octanol–water partition coefficient (Wildman–Crippen LogP) is 12.5. The zero-order chi connectivity index (χ0) is 52.5. The Kier molecular flexibility index (Phi) is 14.7. The van der Waals surface area contributed by atoms with Crippen molar-refractivity contribution in [1.82, 2.24) is 0 Å². The van der Waals surface area contributed by atoms with Gasteiger partial charge in [0.25, 0.3) is 0 Å². The van der Waals surface area contributed by atoms with Gasteiger partial charge in [0.1, 0.15) is 63.6 Å². The van der Waals surface area contributed by atoms with Gasteiger partial charge in [-0.3, -0.25) is 0 Å². The molecule has 7 aromatic carbocycles. The lowest BCUT2D eigenvalue weighted by atomic mass is 9.12. The van der Waals surface area contributed by atoms with Gasteiger partial charge < -0.3 is 0 Å². The van der Waals surface area contributed by atoms with Gasteiger partial charge in [0, 0.05) is 33.4 Å². The van der Waals surface area contributed by atoms with Crippen LogP contribution in [0, 0.1) is 158 Å². The number of halogens is 20. The van der Waals surface area contributed by atoms with E-state index < -0.39 is 144 Å². The highest BCUT2D eigenvalue weighted by atomic mass is 32.2. The second-order valence-corrected chi connectivity index (χ2v) is 17.6. The third-order valence-electron chi connectivity index (χ3n) is 11.5. The highest BCUT2D eigenvalue weighted by Gasteiger charge is 2.52. The molecule has 0 amide bonds. The molecule has 0 saturated carbocycles. The summed E-state index contributed by atoms with van der Waals surface area (Å²) >= 11 is 0. The minimum absolute atomic E-state index is 0.0841. The third kappa shape index (κ3) is 8.04. The lowest BCUT2D eigenvalue weighted by Crippen LogP contribution is -2.81. The van der Waals surface area contributed by atoms with Gasteiger partial charge in [-0.15, -0.1) is 21.9 Å². The van der Waals surface area contributed by atoms with Crippen LogP contribution in [0.1, 0.15) is 33.4 Å². The predicted molar refractivity (Wildman–Crippen MR) is 219 cm³/mol. The number of benzene rings is 7. The summed E-state index contributed by atoms with van der Waals surface area (Å²) in [5.74, 6) is -71.4.